The Morgan fingerprint density at radius 2 is 2.40 bits per heavy atom. The summed E-state index contributed by atoms with van der Waals surface area (Å²) < 4.78 is 7.31. The molecule has 0 unspecified atom stereocenters. The highest BCUT2D eigenvalue weighted by Gasteiger charge is 2.02. The molecule has 0 spiro atoms. The third-order valence-electron chi connectivity index (χ3n) is 2.00. The Bertz CT molecular complexity index is 412. The first-order valence-corrected chi connectivity index (χ1v) is 4.79. The predicted molar refractivity (Wildman–Crippen MR) is 54.3 cm³/mol. The zero-order chi connectivity index (χ0) is 10.5. The predicted octanol–water partition coefficient (Wildman–Crippen LogP) is 1.27. The standard InChI is InChI=1S/C10H12N4O/c1-2-14-10(12-8-13-14)7-15-9-4-3-5-11-6-9/h3-6,8H,2,7H2,1H3. The van der Waals surface area contributed by atoms with Gasteiger partial charge in [-0.25, -0.2) is 9.67 Å². The van der Waals surface area contributed by atoms with Crippen LogP contribution in [0, 0.1) is 0 Å². The molecule has 0 aromatic carbocycles. The Kier molecular flexibility index (Phi) is 2.92. The molecule has 0 radical (unpaired) electrons. The van der Waals surface area contributed by atoms with Crippen molar-refractivity contribution in [2.75, 3.05) is 0 Å². The number of aromatic nitrogens is 4. The molecule has 0 aliphatic carbocycles. The zero-order valence-corrected chi connectivity index (χ0v) is 8.50. The maximum Gasteiger partial charge on any atom is 0.164 e. The average Bonchev–Trinajstić information content (AvgIpc) is 2.75. The molecule has 0 atom stereocenters. The molecule has 0 saturated heterocycles. The number of ether oxygens (including phenoxy) is 1. The van der Waals surface area contributed by atoms with E-state index in [2.05, 4.69) is 15.1 Å². The van der Waals surface area contributed by atoms with Crippen LogP contribution in [0.5, 0.6) is 5.75 Å². The summed E-state index contributed by atoms with van der Waals surface area (Å²) in [5.74, 6) is 1.56. The summed E-state index contributed by atoms with van der Waals surface area (Å²) in [5, 5.41) is 4.06. The van der Waals surface area contributed by atoms with Crippen molar-refractivity contribution >= 4 is 0 Å². The number of hydrogen-bond donors (Lipinski definition) is 0. The SMILES string of the molecule is CCn1ncnc1COc1cccnc1. The molecule has 2 rings (SSSR count). The van der Waals surface area contributed by atoms with Gasteiger partial charge in [0, 0.05) is 12.7 Å². The van der Waals surface area contributed by atoms with Crippen molar-refractivity contribution in [1.82, 2.24) is 19.7 Å². The van der Waals surface area contributed by atoms with Gasteiger partial charge in [0.15, 0.2) is 5.82 Å². The van der Waals surface area contributed by atoms with Crippen LogP contribution >= 0.6 is 0 Å². The molecule has 5 nitrogen and oxygen atoms in total. The highest BCUT2D eigenvalue weighted by Crippen LogP contribution is 2.08. The molecule has 2 aromatic heterocycles. The van der Waals surface area contributed by atoms with E-state index >= 15 is 0 Å². The monoisotopic (exact) mass is 204 g/mol. The van der Waals surface area contributed by atoms with E-state index in [0.29, 0.717) is 6.61 Å². The topological polar surface area (TPSA) is 52.8 Å². The summed E-state index contributed by atoms with van der Waals surface area (Å²) >= 11 is 0. The van der Waals surface area contributed by atoms with Crippen LogP contribution in [0.3, 0.4) is 0 Å². The number of aryl methyl sites for hydroxylation is 1. The smallest absolute Gasteiger partial charge is 0.164 e. The van der Waals surface area contributed by atoms with Gasteiger partial charge in [-0.3, -0.25) is 4.98 Å². The molecule has 0 fully saturated rings. The number of nitrogens with zero attached hydrogens (tertiary/aromatic N) is 4. The van der Waals surface area contributed by atoms with Gasteiger partial charge in [-0.05, 0) is 19.1 Å². The minimum absolute atomic E-state index is 0.416. The van der Waals surface area contributed by atoms with Crippen molar-refractivity contribution in [3.63, 3.8) is 0 Å². The molecular weight excluding hydrogens is 192 g/mol. The van der Waals surface area contributed by atoms with E-state index in [1.165, 1.54) is 6.33 Å². The fourth-order valence-electron chi connectivity index (χ4n) is 1.24. The molecule has 0 amide bonds. The highest BCUT2D eigenvalue weighted by atomic mass is 16.5. The van der Waals surface area contributed by atoms with Crippen molar-refractivity contribution in [3.8, 4) is 5.75 Å². The fourth-order valence-corrected chi connectivity index (χ4v) is 1.24. The molecular formula is C10H12N4O. The van der Waals surface area contributed by atoms with E-state index in [1.807, 2.05) is 19.1 Å². The van der Waals surface area contributed by atoms with Gasteiger partial charge < -0.3 is 4.74 Å². The van der Waals surface area contributed by atoms with Crippen molar-refractivity contribution in [1.29, 1.82) is 0 Å². The van der Waals surface area contributed by atoms with E-state index in [0.717, 1.165) is 18.1 Å². The first kappa shape index (κ1) is 9.64. The van der Waals surface area contributed by atoms with Crippen molar-refractivity contribution in [2.24, 2.45) is 0 Å². The Hall–Kier alpha value is -1.91. The molecule has 15 heavy (non-hydrogen) atoms. The normalized spacial score (nSPS) is 10.2. The Balaban J connectivity index is 1.99. The Morgan fingerprint density at radius 3 is 3.13 bits per heavy atom. The lowest BCUT2D eigenvalue weighted by atomic mass is 10.5. The fraction of sp³-hybridized carbons (Fsp3) is 0.300. The lowest BCUT2D eigenvalue weighted by Crippen LogP contribution is -2.07. The van der Waals surface area contributed by atoms with Crippen LogP contribution in [0.25, 0.3) is 0 Å². The second-order valence-corrected chi connectivity index (χ2v) is 2.97. The van der Waals surface area contributed by atoms with Crippen LogP contribution in [0.1, 0.15) is 12.7 Å². The van der Waals surface area contributed by atoms with Crippen LogP contribution in [-0.2, 0) is 13.2 Å². The van der Waals surface area contributed by atoms with Gasteiger partial charge in [0.1, 0.15) is 18.7 Å². The first-order chi connectivity index (χ1) is 7.40. The summed E-state index contributed by atoms with van der Waals surface area (Å²) in [7, 11) is 0. The van der Waals surface area contributed by atoms with Crippen molar-refractivity contribution < 1.29 is 4.74 Å². The summed E-state index contributed by atoms with van der Waals surface area (Å²) in [4.78, 5) is 8.07. The minimum atomic E-state index is 0.416. The molecule has 0 N–H and O–H groups in total. The van der Waals surface area contributed by atoms with Crippen molar-refractivity contribution in [2.45, 2.75) is 20.1 Å². The third kappa shape index (κ3) is 2.31. The summed E-state index contributed by atoms with van der Waals surface area (Å²) in [6, 6.07) is 3.69. The summed E-state index contributed by atoms with van der Waals surface area (Å²) in [6.07, 6.45) is 4.92. The van der Waals surface area contributed by atoms with E-state index in [1.54, 1.807) is 17.1 Å². The van der Waals surface area contributed by atoms with E-state index in [9.17, 15) is 0 Å². The minimum Gasteiger partial charge on any atom is -0.484 e. The quantitative estimate of drug-likeness (QED) is 0.752. The molecule has 2 aromatic rings. The van der Waals surface area contributed by atoms with Gasteiger partial charge in [-0.1, -0.05) is 0 Å². The second-order valence-electron chi connectivity index (χ2n) is 2.97. The van der Waals surface area contributed by atoms with Crippen LogP contribution in [0.2, 0.25) is 0 Å². The zero-order valence-electron chi connectivity index (χ0n) is 8.50. The molecule has 78 valence electrons. The number of hydrogen-bond acceptors (Lipinski definition) is 4. The molecule has 5 heteroatoms. The third-order valence-corrected chi connectivity index (χ3v) is 2.00. The average molecular weight is 204 g/mol. The number of pyridine rings is 1. The maximum absolute atomic E-state index is 5.51. The highest BCUT2D eigenvalue weighted by molar-refractivity contribution is 5.15. The number of rotatable bonds is 4. The van der Waals surface area contributed by atoms with Crippen LogP contribution in [-0.4, -0.2) is 19.7 Å². The Morgan fingerprint density at radius 1 is 1.47 bits per heavy atom. The molecule has 0 bridgehead atoms. The van der Waals surface area contributed by atoms with Gasteiger partial charge in [-0.15, -0.1) is 0 Å². The maximum atomic E-state index is 5.51. The van der Waals surface area contributed by atoms with Gasteiger partial charge in [0.05, 0.1) is 6.20 Å². The van der Waals surface area contributed by atoms with Crippen LogP contribution in [0.4, 0.5) is 0 Å². The molecule has 0 aliphatic rings. The van der Waals surface area contributed by atoms with Gasteiger partial charge in [0.2, 0.25) is 0 Å². The van der Waals surface area contributed by atoms with Gasteiger partial charge >= 0.3 is 0 Å². The van der Waals surface area contributed by atoms with Crippen molar-refractivity contribution in [3.05, 3.63) is 36.7 Å². The molecule has 0 aliphatic heterocycles. The molecule has 2 heterocycles. The lowest BCUT2D eigenvalue weighted by Gasteiger charge is -2.05. The van der Waals surface area contributed by atoms with Gasteiger partial charge in [0.25, 0.3) is 0 Å². The van der Waals surface area contributed by atoms with E-state index in [-0.39, 0.29) is 0 Å². The second kappa shape index (κ2) is 4.54. The van der Waals surface area contributed by atoms with E-state index < -0.39 is 0 Å². The molecule has 0 saturated carbocycles. The largest absolute Gasteiger partial charge is 0.484 e. The summed E-state index contributed by atoms with van der Waals surface area (Å²) in [5.41, 5.74) is 0. The van der Waals surface area contributed by atoms with Gasteiger partial charge in [-0.2, -0.15) is 5.10 Å². The Labute approximate surface area is 87.7 Å². The lowest BCUT2D eigenvalue weighted by molar-refractivity contribution is 0.286. The van der Waals surface area contributed by atoms with Crippen LogP contribution in [0.15, 0.2) is 30.9 Å². The summed E-state index contributed by atoms with van der Waals surface area (Å²) in [6.45, 7) is 3.23. The van der Waals surface area contributed by atoms with E-state index in [4.69, 9.17) is 4.74 Å². The first-order valence-electron chi connectivity index (χ1n) is 4.79. The van der Waals surface area contributed by atoms with Crippen LogP contribution < -0.4 is 4.74 Å².